The van der Waals surface area contributed by atoms with Crippen LogP contribution >= 0.6 is 12.2 Å². The van der Waals surface area contributed by atoms with Crippen LogP contribution in [0.15, 0.2) is 6.07 Å². The number of nitrogens with zero attached hydrogens (tertiary/aromatic N) is 1. The van der Waals surface area contributed by atoms with Gasteiger partial charge in [-0.2, -0.15) is 0 Å². The summed E-state index contributed by atoms with van der Waals surface area (Å²) in [4.78, 5) is 7.14. The summed E-state index contributed by atoms with van der Waals surface area (Å²) >= 11 is 4.97. The number of ether oxygens (including phenoxy) is 2. The maximum absolute atomic E-state index is 4.97. The van der Waals surface area contributed by atoms with Crippen molar-refractivity contribution in [3.05, 3.63) is 22.2 Å². The van der Waals surface area contributed by atoms with Crippen molar-refractivity contribution in [1.82, 2.24) is 9.97 Å². The molecule has 0 aromatic carbocycles. The van der Waals surface area contributed by atoms with Crippen LogP contribution in [0.1, 0.15) is 11.5 Å². The fourth-order valence-electron chi connectivity index (χ4n) is 1.00. The highest BCUT2D eigenvalue weighted by molar-refractivity contribution is 7.71. The van der Waals surface area contributed by atoms with E-state index < -0.39 is 0 Å². The normalized spacial score (nSPS) is 10.3. The average molecular weight is 200 g/mol. The molecule has 0 aliphatic carbocycles. The zero-order valence-electron chi connectivity index (χ0n) is 7.66. The summed E-state index contributed by atoms with van der Waals surface area (Å²) in [5.41, 5.74) is 0.912. The van der Waals surface area contributed by atoms with E-state index in [1.54, 1.807) is 20.3 Å². The Labute approximate surface area is 81.9 Å². The van der Waals surface area contributed by atoms with E-state index in [4.69, 9.17) is 21.7 Å². The highest BCUT2D eigenvalue weighted by atomic mass is 32.1. The van der Waals surface area contributed by atoms with Crippen LogP contribution in [0.25, 0.3) is 0 Å². The lowest BCUT2D eigenvalue weighted by Gasteiger charge is -2.03. The first-order chi connectivity index (χ1) is 6.26. The van der Waals surface area contributed by atoms with Gasteiger partial charge in [-0.3, -0.25) is 0 Å². The molecule has 0 saturated heterocycles. The van der Waals surface area contributed by atoms with Crippen molar-refractivity contribution < 1.29 is 9.47 Å². The summed E-state index contributed by atoms with van der Waals surface area (Å²) in [5.74, 6) is 0.724. The van der Waals surface area contributed by atoms with Crippen molar-refractivity contribution >= 4 is 12.2 Å². The molecule has 1 aromatic rings. The van der Waals surface area contributed by atoms with Crippen molar-refractivity contribution in [1.29, 1.82) is 0 Å². The predicted molar refractivity (Wildman–Crippen MR) is 50.8 cm³/mol. The van der Waals surface area contributed by atoms with E-state index in [0.717, 1.165) is 11.5 Å². The van der Waals surface area contributed by atoms with Gasteiger partial charge in [0.05, 0.1) is 6.61 Å². The minimum atomic E-state index is 0.432. The van der Waals surface area contributed by atoms with Gasteiger partial charge in [-0.1, -0.05) is 12.2 Å². The fraction of sp³-hybridized carbons (Fsp3) is 0.500. The summed E-state index contributed by atoms with van der Waals surface area (Å²) in [5, 5.41) is 0. The molecule has 0 spiro atoms. The van der Waals surface area contributed by atoms with Gasteiger partial charge in [0.25, 0.3) is 0 Å². The molecule has 0 fully saturated rings. The molecule has 0 amide bonds. The van der Waals surface area contributed by atoms with Gasteiger partial charge in [-0.25, -0.2) is 4.98 Å². The zero-order valence-corrected chi connectivity index (χ0v) is 8.48. The Balaban J connectivity index is 2.90. The second-order valence-electron chi connectivity index (χ2n) is 2.56. The van der Waals surface area contributed by atoms with Crippen molar-refractivity contribution in [2.24, 2.45) is 0 Å². The van der Waals surface area contributed by atoms with Crippen molar-refractivity contribution in [2.75, 3.05) is 14.2 Å². The Morgan fingerprint density at radius 3 is 2.69 bits per heavy atom. The number of H-pyrrole nitrogens is 1. The third-order valence-corrected chi connectivity index (χ3v) is 1.64. The zero-order chi connectivity index (χ0) is 9.68. The van der Waals surface area contributed by atoms with Gasteiger partial charge in [-0.15, -0.1) is 0 Å². The molecule has 0 bridgehead atoms. The van der Waals surface area contributed by atoms with E-state index in [-0.39, 0.29) is 0 Å². The molecule has 1 aromatic heterocycles. The van der Waals surface area contributed by atoms with E-state index in [2.05, 4.69) is 9.97 Å². The molecule has 5 heteroatoms. The van der Waals surface area contributed by atoms with E-state index in [9.17, 15) is 0 Å². The molecule has 0 aliphatic rings. The molecule has 4 nitrogen and oxygen atoms in total. The Bertz CT molecular complexity index is 297. The monoisotopic (exact) mass is 200 g/mol. The van der Waals surface area contributed by atoms with E-state index >= 15 is 0 Å². The molecule has 1 heterocycles. The summed E-state index contributed by atoms with van der Waals surface area (Å²) in [7, 11) is 3.24. The summed E-state index contributed by atoms with van der Waals surface area (Å²) < 4.78 is 10.5. The number of rotatable bonds is 4. The van der Waals surface area contributed by atoms with Crippen LogP contribution in [0.4, 0.5) is 0 Å². The second-order valence-corrected chi connectivity index (χ2v) is 2.98. The Morgan fingerprint density at radius 2 is 2.08 bits per heavy atom. The standard InChI is InChI=1S/C8H12N2O2S/c1-11-4-6-3-8(13)10-7(9-6)5-12-2/h3H,4-5H2,1-2H3,(H,9,10,13). The van der Waals surface area contributed by atoms with Gasteiger partial charge in [0.15, 0.2) is 0 Å². The van der Waals surface area contributed by atoms with E-state index in [1.807, 2.05) is 0 Å². The Kier molecular flexibility index (Phi) is 4.01. The number of nitrogens with one attached hydrogen (secondary N) is 1. The van der Waals surface area contributed by atoms with Gasteiger partial charge >= 0.3 is 0 Å². The SMILES string of the molecule is COCc1cc(=S)nc(COC)[nH]1. The Morgan fingerprint density at radius 1 is 1.38 bits per heavy atom. The first-order valence-corrected chi connectivity index (χ1v) is 4.24. The molecular weight excluding hydrogens is 188 g/mol. The van der Waals surface area contributed by atoms with Crippen LogP contribution in [0, 0.1) is 4.64 Å². The number of methoxy groups -OCH3 is 2. The lowest BCUT2D eigenvalue weighted by atomic mass is 10.4. The van der Waals surface area contributed by atoms with Gasteiger partial charge in [0.2, 0.25) is 0 Å². The van der Waals surface area contributed by atoms with E-state index in [0.29, 0.717) is 17.9 Å². The minimum Gasteiger partial charge on any atom is -0.378 e. The van der Waals surface area contributed by atoms with Crippen molar-refractivity contribution in [2.45, 2.75) is 13.2 Å². The third-order valence-electron chi connectivity index (χ3n) is 1.43. The van der Waals surface area contributed by atoms with Crippen molar-refractivity contribution in [3.63, 3.8) is 0 Å². The highest BCUT2D eigenvalue weighted by Crippen LogP contribution is 2.00. The Hall–Kier alpha value is -0.780. The van der Waals surface area contributed by atoms with Crippen LogP contribution in [0.5, 0.6) is 0 Å². The first kappa shape index (κ1) is 10.3. The molecule has 0 aliphatic heterocycles. The van der Waals surface area contributed by atoms with Crippen LogP contribution in [0.2, 0.25) is 0 Å². The third kappa shape index (κ3) is 3.22. The number of aromatic amines is 1. The lowest BCUT2D eigenvalue weighted by Crippen LogP contribution is -2.01. The maximum atomic E-state index is 4.97. The summed E-state index contributed by atoms with van der Waals surface area (Å²) in [6.45, 7) is 0.935. The average Bonchev–Trinajstić information content (AvgIpc) is 2.04. The lowest BCUT2D eigenvalue weighted by molar-refractivity contribution is 0.170. The van der Waals surface area contributed by atoms with Crippen LogP contribution in [0.3, 0.4) is 0 Å². The highest BCUT2D eigenvalue weighted by Gasteiger charge is 1.97. The number of aromatic nitrogens is 2. The van der Waals surface area contributed by atoms with Crippen LogP contribution in [-0.4, -0.2) is 24.2 Å². The summed E-state index contributed by atoms with van der Waals surface area (Å²) in [6, 6.07) is 1.78. The van der Waals surface area contributed by atoms with Crippen LogP contribution in [-0.2, 0) is 22.7 Å². The smallest absolute Gasteiger partial charge is 0.134 e. The van der Waals surface area contributed by atoms with Gasteiger partial charge in [-0.05, 0) is 6.07 Å². The molecular formula is C8H12N2O2S. The number of hydrogen-bond acceptors (Lipinski definition) is 4. The largest absolute Gasteiger partial charge is 0.378 e. The first-order valence-electron chi connectivity index (χ1n) is 3.83. The fourth-order valence-corrected chi connectivity index (χ4v) is 1.25. The van der Waals surface area contributed by atoms with Crippen LogP contribution < -0.4 is 0 Å². The molecule has 13 heavy (non-hydrogen) atoms. The predicted octanol–water partition coefficient (Wildman–Crippen LogP) is 1.43. The molecule has 0 unspecified atom stereocenters. The minimum absolute atomic E-state index is 0.432. The van der Waals surface area contributed by atoms with Gasteiger partial charge < -0.3 is 14.5 Å². The summed E-state index contributed by atoms with van der Waals surface area (Å²) in [6.07, 6.45) is 0. The van der Waals surface area contributed by atoms with E-state index in [1.165, 1.54) is 0 Å². The number of hydrogen-bond donors (Lipinski definition) is 1. The molecule has 0 atom stereocenters. The van der Waals surface area contributed by atoms with Crippen molar-refractivity contribution in [3.8, 4) is 0 Å². The molecule has 1 rings (SSSR count). The van der Waals surface area contributed by atoms with Gasteiger partial charge in [0.1, 0.15) is 17.1 Å². The quantitative estimate of drug-likeness (QED) is 0.747. The second kappa shape index (κ2) is 5.06. The molecule has 72 valence electrons. The molecule has 0 radical (unpaired) electrons. The molecule has 0 saturated carbocycles. The molecule has 1 N–H and O–H groups in total. The topological polar surface area (TPSA) is 47.1 Å². The van der Waals surface area contributed by atoms with Gasteiger partial charge in [0, 0.05) is 19.9 Å². The maximum Gasteiger partial charge on any atom is 0.134 e.